The fourth-order valence-corrected chi connectivity index (χ4v) is 8.16. The summed E-state index contributed by atoms with van der Waals surface area (Å²) in [6.45, 7) is -0.156. The smallest absolute Gasteiger partial charge is 0.244 e. The van der Waals surface area contributed by atoms with Crippen molar-refractivity contribution in [1.82, 2.24) is 29.7 Å². The normalized spacial score (nSPS) is 31.9. The molecule has 0 saturated carbocycles. The summed E-state index contributed by atoms with van der Waals surface area (Å²) in [5.41, 5.74) is 0.846. The Bertz CT molecular complexity index is 1550. The van der Waals surface area contributed by atoms with E-state index in [-0.39, 0.29) is 49.8 Å². The SMILES string of the molecule is O=C1C[C@@H]2O[C@H](CNC(=O)[C@@H]3CN(CCN3S(=O)(=O)c3cccc(F)c3)C(=O)[C@@H]3C[C@@H](CN3Cc3cccnc3)N1)[C@@H](O)[C@H]2O. The zero-order chi connectivity index (χ0) is 31.9. The van der Waals surface area contributed by atoms with E-state index in [9.17, 15) is 37.4 Å². The van der Waals surface area contributed by atoms with Gasteiger partial charge in [0.1, 0.15) is 30.2 Å². The molecule has 6 rings (SSSR count). The topological polar surface area (TPSA) is 182 Å². The lowest BCUT2D eigenvalue weighted by molar-refractivity contribution is -0.140. The number of fused-ring (bicyclic) bond motifs is 6. The van der Waals surface area contributed by atoms with E-state index in [1.54, 1.807) is 18.5 Å². The molecular formula is C29H35FN6O8S. The number of sulfonamides is 1. The second-order valence-corrected chi connectivity index (χ2v) is 13.7. The maximum absolute atomic E-state index is 14.1. The molecule has 4 aliphatic heterocycles. The molecule has 5 heterocycles. The van der Waals surface area contributed by atoms with Gasteiger partial charge in [0.05, 0.1) is 23.5 Å². The van der Waals surface area contributed by atoms with Crippen LogP contribution in [0.5, 0.6) is 0 Å². The molecule has 45 heavy (non-hydrogen) atoms. The number of hydrogen-bond donors (Lipinski definition) is 4. The molecule has 1 aromatic carbocycles. The molecule has 7 atom stereocenters. The number of aliphatic hydroxyl groups is 2. The Hall–Kier alpha value is -3.54. The Kier molecular flexibility index (Phi) is 8.87. The number of benzene rings is 1. The summed E-state index contributed by atoms with van der Waals surface area (Å²) in [6.07, 6.45) is -1.62. The molecule has 1 aromatic heterocycles. The molecule has 4 N–H and O–H groups in total. The molecule has 0 unspecified atom stereocenters. The van der Waals surface area contributed by atoms with Gasteiger partial charge in [-0.25, -0.2) is 12.8 Å². The van der Waals surface area contributed by atoms with Gasteiger partial charge in [-0.2, -0.15) is 4.31 Å². The van der Waals surface area contributed by atoms with Crippen molar-refractivity contribution in [3.05, 3.63) is 60.2 Å². The van der Waals surface area contributed by atoms with Crippen molar-refractivity contribution in [2.75, 3.05) is 32.7 Å². The van der Waals surface area contributed by atoms with Crippen molar-refractivity contribution >= 4 is 27.7 Å². The molecule has 6 bridgehead atoms. The third-order valence-electron chi connectivity index (χ3n) is 8.84. The van der Waals surface area contributed by atoms with Gasteiger partial charge >= 0.3 is 0 Å². The lowest BCUT2D eigenvalue weighted by atomic mass is 10.0. The molecule has 0 radical (unpaired) electrons. The minimum Gasteiger partial charge on any atom is -0.388 e. The van der Waals surface area contributed by atoms with Crippen molar-refractivity contribution in [3.63, 3.8) is 0 Å². The Morgan fingerprint density at radius 3 is 2.58 bits per heavy atom. The maximum atomic E-state index is 14.1. The van der Waals surface area contributed by atoms with Crippen LogP contribution in [-0.2, 0) is 35.7 Å². The van der Waals surface area contributed by atoms with Gasteiger partial charge in [-0.05, 0) is 36.2 Å². The van der Waals surface area contributed by atoms with E-state index in [0.29, 0.717) is 13.1 Å². The van der Waals surface area contributed by atoms with Crippen LogP contribution in [0.25, 0.3) is 0 Å². The average Bonchev–Trinajstić information content (AvgIpc) is 3.53. The van der Waals surface area contributed by atoms with Crippen LogP contribution >= 0.6 is 0 Å². The summed E-state index contributed by atoms with van der Waals surface area (Å²) in [5.74, 6) is -2.26. The Balaban J connectivity index is 1.33. The third-order valence-corrected chi connectivity index (χ3v) is 10.7. The van der Waals surface area contributed by atoms with Gasteiger partial charge in [0, 0.05) is 57.7 Å². The fourth-order valence-electron chi connectivity index (χ4n) is 6.56. The van der Waals surface area contributed by atoms with Crippen molar-refractivity contribution in [2.45, 2.75) is 66.8 Å². The summed E-state index contributed by atoms with van der Waals surface area (Å²) in [4.78, 5) is 47.9. The number of aromatic nitrogens is 1. The van der Waals surface area contributed by atoms with E-state index >= 15 is 0 Å². The summed E-state index contributed by atoms with van der Waals surface area (Å²) in [5, 5.41) is 26.7. The lowest BCUT2D eigenvalue weighted by Gasteiger charge is -2.41. The van der Waals surface area contributed by atoms with Crippen LogP contribution in [0.4, 0.5) is 4.39 Å². The predicted octanol–water partition coefficient (Wildman–Crippen LogP) is -1.81. The molecule has 16 heteroatoms. The second-order valence-electron chi connectivity index (χ2n) is 11.8. The highest BCUT2D eigenvalue weighted by Crippen LogP contribution is 2.28. The number of carbonyl (C=O) groups is 3. The van der Waals surface area contributed by atoms with Crippen LogP contribution in [0.15, 0.2) is 53.7 Å². The molecule has 242 valence electrons. The van der Waals surface area contributed by atoms with E-state index < -0.39 is 70.2 Å². The standard InChI is InChI=1S/C29H35FN6O8S/c30-18-4-1-5-20(9-18)45(42,43)36-8-7-34-16-22(36)28(40)32-13-24-27(39)26(38)23(44-24)11-25(37)33-19-10-21(29(34)41)35(15-19)14-17-3-2-6-31-12-17/h1-6,9,12,19,21-24,26-27,38-39H,7-8,10-11,13-16H2,(H,32,40)(H,33,37)/t19-,21-,22-,23-,24+,26-,27+/m0/s1. The number of likely N-dealkylation sites (tertiary alicyclic amines) is 1. The number of hydrogen-bond acceptors (Lipinski definition) is 10. The third kappa shape index (κ3) is 6.43. The molecule has 0 spiro atoms. The number of nitrogens with zero attached hydrogens (tertiary/aromatic N) is 4. The number of amides is 3. The largest absolute Gasteiger partial charge is 0.388 e. The van der Waals surface area contributed by atoms with Crippen LogP contribution in [0.1, 0.15) is 18.4 Å². The summed E-state index contributed by atoms with van der Waals surface area (Å²) in [6, 6.07) is 5.61. The zero-order valence-electron chi connectivity index (χ0n) is 24.2. The van der Waals surface area contributed by atoms with E-state index in [1.165, 1.54) is 17.0 Å². The van der Waals surface area contributed by atoms with Gasteiger partial charge in [0.15, 0.2) is 0 Å². The number of pyridine rings is 1. The van der Waals surface area contributed by atoms with E-state index in [0.717, 1.165) is 22.0 Å². The van der Waals surface area contributed by atoms with Gasteiger partial charge in [-0.3, -0.25) is 24.3 Å². The van der Waals surface area contributed by atoms with E-state index in [4.69, 9.17) is 4.74 Å². The van der Waals surface area contributed by atoms with Crippen molar-refractivity contribution in [1.29, 1.82) is 0 Å². The van der Waals surface area contributed by atoms with Crippen LogP contribution in [0.2, 0.25) is 0 Å². The van der Waals surface area contributed by atoms with Crippen LogP contribution in [0.3, 0.4) is 0 Å². The molecule has 4 aliphatic rings. The first kappa shape index (κ1) is 31.4. The molecule has 14 nitrogen and oxygen atoms in total. The zero-order valence-corrected chi connectivity index (χ0v) is 25.1. The molecular weight excluding hydrogens is 611 g/mol. The maximum Gasteiger partial charge on any atom is 0.244 e. The van der Waals surface area contributed by atoms with Gasteiger partial charge in [0.25, 0.3) is 0 Å². The highest BCUT2D eigenvalue weighted by Gasteiger charge is 2.48. The number of carbonyl (C=O) groups excluding carboxylic acids is 3. The summed E-state index contributed by atoms with van der Waals surface area (Å²) < 4.78 is 48.1. The molecule has 3 amide bonds. The van der Waals surface area contributed by atoms with Gasteiger partial charge < -0.3 is 30.5 Å². The Morgan fingerprint density at radius 1 is 1.02 bits per heavy atom. The number of ether oxygens (including phenoxy) is 1. The van der Waals surface area contributed by atoms with Crippen LogP contribution in [-0.4, -0.2) is 131 Å². The lowest BCUT2D eigenvalue weighted by Crippen LogP contribution is -2.63. The molecule has 4 fully saturated rings. The average molecular weight is 647 g/mol. The first-order chi connectivity index (χ1) is 21.5. The molecule has 4 saturated heterocycles. The number of rotatable bonds is 4. The molecule has 0 aliphatic carbocycles. The van der Waals surface area contributed by atoms with E-state index in [2.05, 4.69) is 15.6 Å². The van der Waals surface area contributed by atoms with Crippen LogP contribution in [0, 0.1) is 5.82 Å². The minimum absolute atomic E-state index is 0.0241. The number of nitrogens with one attached hydrogen (secondary N) is 2. The van der Waals surface area contributed by atoms with Crippen molar-refractivity contribution < 1.29 is 42.1 Å². The van der Waals surface area contributed by atoms with Gasteiger partial charge in [-0.1, -0.05) is 12.1 Å². The highest BCUT2D eigenvalue weighted by atomic mass is 32.2. The predicted molar refractivity (Wildman–Crippen MR) is 154 cm³/mol. The number of aliphatic hydroxyl groups excluding tert-OH is 2. The van der Waals surface area contributed by atoms with Crippen LogP contribution < -0.4 is 10.6 Å². The highest BCUT2D eigenvalue weighted by molar-refractivity contribution is 7.89. The first-order valence-corrected chi connectivity index (χ1v) is 16.2. The second kappa shape index (κ2) is 12.7. The fraction of sp³-hybridized carbons (Fsp3) is 0.517. The Labute approximate surface area is 259 Å². The monoisotopic (exact) mass is 646 g/mol. The number of piperazine rings is 1. The van der Waals surface area contributed by atoms with Gasteiger partial charge in [-0.15, -0.1) is 0 Å². The number of halogens is 1. The quantitative estimate of drug-likeness (QED) is 0.296. The van der Waals surface area contributed by atoms with Crippen molar-refractivity contribution in [3.8, 4) is 0 Å². The summed E-state index contributed by atoms with van der Waals surface area (Å²) in [7, 11) is -4.36. The molecule has 2 aromatic rings. The van der Waals surface area contributed by atoms with E-state index in [1.807, 2.05) is 11.0 Å². The van der Waals surface area contributed by atoms with Gasteiger partial charge in [0.2, 0.25) is 27.7 Å². The summed E-state index contributed by atoms with van der Waals surface area (Å²) >= 11 is 0. The minimum atomic E-state index is -4.36. The van der Waals surface area contributed by atoms with Crippen molar-refractivity contribution in [2.24, 2.45) is 0 Å². The Morgan fingerprint density at radius 2 is 1.82 bits per heavy atom. The first-order valence-electron chi connectivity index (χ1n) is 14.8.